The summed E-state index contributed by atoms with van der Waals surface area (Å²) in [5.74, 6) is -0.187. The number of carbonyl (C=O) groups is 2. The summed E-state index contributed by atoms with van der Waals surface area (Å²) in [6.07, 6.45) is 0.644. The minimum Gasteiger partial charge on any atom is -0.495 e. The van der Waals surface area contributed by atoms with Gasteiger partial charge in [0, 0.05) is 17.9 Å². The molecule has 188 valence electrons. The molecule has 3 aromatic rings. The van der Waals surface area contributed by atoms with E-state index < -0.39 is 5.25 Å². The lowest BCUT2D eigenvalue weighted by molar-refractivity contribution is -0.121. The number of thioether (sulfide) groups is 1. The molecule has 0 bridgehead atoms. The smallest absolute Gasteiger partial charge is 0.262 e. The number of ether oxygens (including phenoxy) is 1. The highest BCUT2D eigenvalue weighted by atomic mass is 35.5. The minimum atomic E-state index is -0.643. The van der Waals surface area contributed by atoms with E-state index in [1.165, 1.54) is 24.4 Å². The molecule has 9 heteroatoms. The van der Waals surface area contributed by atoms with Crippen LogP contribution >= 0.6 is 23.4 Å². The first kappa shape index (κ1) is 25.0. The maximum absolute atomic E-state index is 12.8. The van der Waals surface area contributed by atoms with Crippen molar-refractivity contribution in [3.05, 3.63) is 94.5 Å². The molecule has 0 radical (unpaired) electrons. The number of methoxy groups -OCH3 is 1. The number of rotatable bonds is 6. The first-order valence-electron chi connectivity index (χ1n) is 11.8. The van der Waals surface area contributed by atoms with Crippen LogP contribution in [0.25, 0.3) is 0 Å². The van der Waals surface area contributed by atoms with Gasteiger partial charge in [-0.1, -0.05) is 83.5 Å². The number of carbonyl (C=O) groups excluding carboxylic acids is 2. The maximum Gasteiger partial charge on any atom is 0.262 e. The first-order chi connectivity index (χ1) is 17.9. The van der Waals surface area contributed by atoms with Crippen LogP contribution in [-0.2, 0) is 9.59 Å². The lowest BCUT2D eigenvalue weighted by Crippen LogP contribution is -2.25. The van der Waals surface area contributed by atoms with Gasteiger partial charge in [-0.25, -0.2) is 5.01 Å². The Labute approximate surface area is 224 Å². The molecule has 0 unspecified atom stereocenters. The summed E-state index contributed by atoms with van der Waals surface area (Å²) in [5, 5.41) is 9.84. The quantitative estimate of drug-likeness (QED) is 0.431. The van der Waals surface area contributed by atoms with Gasteiger partial charge >= 0.3 is 0 Å². The van der Waals surface area contributed by atoms with Crippen LogP contribution in [0, 0.1) is 6.92 Å². The van der Waals surface area contributed by atoms with Gasteiger partial charge < -0.3 is 10.1 Å². The number of hydrogen-bond donors (Lipinski definition) is 1. The molecule has 0 spiro atoms. The van der Waals surface area contributed by atoms with E-state index in [-0.39, 0.29) is 24.3 Å². The van der Waals surface area contributed by atoms with Gasteiger partial charge in [0.1, 0.15) is 11.0 Å². The second-order valence-electron chi connectivity index (χ2n) is 8.82. The number of nitrogens with zero attached hydrogens (tertiary/aromatic N) is 3. The van der Waals surface area contributed by atoms with Crippen LogP contribution in [0.2, 0.25) is 5.02 Å². The van der Waals surface area contributed by atoms with Crippen molar-refractivity contribution in [1.82, 2.24) is 5.01 Å². The van der Waals surface area contributed by atoms with Crippen molar-refractivity contribution in [3.63, 3.8) is 0 Å². The van der Waals surface area contributed by atoms with Gasteiger partial charge in [0.25, 0.3) is 5.91 Å². The Morgan fingerprint density at radius 2 is 1.89 bits per heavy atom. The third-order valence-corrected chi connectivity index (χ3v) is 7.59. The van der Waals surface area contributed by atoms with Gasteiger partial charge in [-0.2, -0.15) is 10.1 Å². The molecule has 2 aliphatic rings. The van der Waals surface area contributed by atoms with Crippen LogP contribution < -0.4 is 10.1 Å². The van der Waals surface area contributed by atoms with Crippen LogP contribution in [0.15, 0.2) is 82.9 Å². The monoisotopic (exact) mass is 532 g/mol. The summed E-state index contributed by atoms with van der Waals surface area (Å²) < 4.78 is 5.29. The van der Waals surface area contributed by atoms with Crippen molar-refractivity contribution in [2.75, 3.05) is 12.4 Å². The lowest BCUT2D eigenvalue weighted by Gasteiger charge is -2.23. The molecular formula is C28H25ClN4O3S. The number of aliphatic imine (C=N–C) groups is 1. The zero-order valence-electron chi connectivity index (χ0n) is 20.3. The number of aryl methyl sites for hydroxylation is 1. The minimum absolute atomic E-state index is 0.0372. The summed E-state index contributed by atoms with van der Waals surface area (Å²) in [6, 6.07) is 23.2. The molecular weight excluding hydrogens is 508 g/mol. The zero-order valence-corrected chi connectivity index (χ0v) is 21.9. The van der Waals surface area contributed by atoms with E-state index in [4.69, 9.17) is 21.4 Å². The summed E-state index contributed by atoms with van der Waals surface area (Å²) >= 11 is 7.34. The van der Waals surface area contributed by atoms with Gasteiger partial charge in [0.2, 0.25) is 5.91 Å². The van der Waals surface area contributed by atoms with Crippen molar-refractivity contribution in [3.8, 4) is 5.75 Å². The highest BCUT2D eigenvalue weighted by Crippen LogP contribution is 2.38. The molecule has 2 aliphatic heterocycles. The average molecular weight is 533 g/mol. The Bertz CT molecular complexity index is 1390. The fraction of sp³-hybridized carbons (Fsp3) is 0.214. The predicted octanol–water partition coefficient (Wildman–Crippen LogP) is 5.83. The molecule has 37 heavy (non-hydrogen) atoms. The number of amides is 2. The number of nitrogens with one attached hydrogen (secondary N) is 1. The second-order valence-corrected chi connectivity index (χ2v) is 10.4. The third kappa shape index (κ3) is 5.55. The van der Waals surface area contributed by atoms with Crippen LogP contribution in [0.3, 0.4) is 0 Å². The van der Waals surface area contributed by atoms with Gasteiger partial charge in [-0.15, -0.1) is 0 Å². The maximum atomic E-state index is 12.8. The standard InChI is InChI=1S/C28H25ClN4O3S/c1-17-8-10-18(11-9-17)21-15-23(19-6-4-3-5-7-19)33(32-21)28-31-27(35)25(37-28)16-26(34)30-22-14-20(29)12-13-24(22)36-2/h3-14,23,25H,15-16H2,1-2H3,(H,30,34)/t23-,25-/m1/s1. The van der Waals surface area contributed by atoms with E-state index in [9.17, 15) is 9.59 Å². The molecule has 5 rings (SSSR count). The van der Waals surface area contributed by atoms with Crippen LogP contribution in [0.5, 0.6) is 5.75 Å². The predicted molar refractivity (Wildman–Crippen MR) is 148 cm³/mol. The Kier molecular flexibility index (Phi) is 7.30. The number of anilines is 1. The van der Waals surface area contributed by atoms with E-state index >= 15 is 0 Å². The van der Waals surface area contributed by atoms with Crippen LogP contribution in [0.1, 0.15) is 35.6 Å². The lowest BCUT2D eigenvalue weighted by atomic mass is 9.98. The fourth-order valence-corrected chi connectivity index (χ4v) is 5.53. The third-order valence-electron chi connectivity index (χ3n) is 6.21. The van der Waals surface area contributed by atoms with E-state index in [1.807, 2.05) is 30.1 Å². The SMILES string of the molecule is COc1ccc(Cl)cc1NC(=O)C[C@H]1SC(N2N=C(c3ccc(C)cc3)C[C@@H]2c2ccccc2)=NC1=O. The Balaban J connectivity index is 1.34. The van der Waals surface area contributed by atoms with Crippen LogP contribution in [0.4, 0.5) is 5.69 Å². The number of benzene rings is 3. The van der Waals surface area contributed by atoms with Gasteiger partial charge in [0.05, 0.1) is 24.6 Å². The topological polar surface area (TPSA) is 83.4 Å². The summed E-state index contributed by atoms with van der Waals surface area (Å²) in [5.41, 5.74) is 4.68. The van der Waals surface area contributed by atoms with E-state index in [0.29, 0.717) is 28.0 Å². The number of hydrogen-bond acceptors (Lipinski definition) is 6. The van der Waals surface area contributed by atoms with Crippen molar-refractivity contribution >= 4 is 51.7 Å². The van der Waals surface area contributed by atoms with Crippen molar-refractivity contribution in [1.29, 1.82) is 0 Å². The molecule has 0 saturated heterocycles. The summed E-state index contributed by atoms with van der Waals surface area (Å²) in [7, 11) is 1.51. The summed E-state index contributed by atoms with van der Waals surface area (Å²) in [4.78, 5) is 29.9. The highest BCUT2D eigenvalue weighted by Gasteiger charge is 2.39. The second kappa shape index (κ2) is 10.8. The molecule has 7 nitrogen and oxygen atoms in total. The molecule has 0 saturated carbocycles. The van der Waals surface area contributed by atoms with Crippen molar-refractivity contribution in [2.24, 2.45) is 10.1 Å². The van der Waals surface area contributed by atoms with E-state index in [1.54, 1.807) is 18.2 Å². The normalized spacial score (nSPS) is 19.0. The highest BCUT2D eigenvalue weighted by molar-refractivity contribution is 8.15. The molecule has 3 aromatic carbocycles. The van der Waals surface area contributed by atoms with Gasteiger partial charge in [-0.3, -0.25) is 9.59 Å². The molecule has 1 N–H and O–H groups in total. The Morgan fingerprint density at radius 3 is 2.62 bits per heavy atom. The molecule has 0 aromatic heterocycles. The molecule has 2 amide bonds. The zero-order chi connectivity index (χ0) is 25.9. The number of hydrazone groups is 1. The number of amidine groups is 1. The Hall–Kier alpha value is -3.62. The first-order valence-corrected chi connectivity index (χ1v) is 13.1. The average Bonchev–Trinajstić information content (AvgIpc) is 3.49. The largest absolute Gasteiger partial charge is 0.495 e. The van der Waals surface area contributed by atoms with Gasteiger partial charge in [-0.05, 0) is 36.2 Å². The fourth-order valence-electron chi connectivity index (χ4n) is 4.29. The molecule has 0 aliphatic carbocycles. The van der Waals surface area contributed by atoms with E-state index in [2.05, 4.69) is 46.7 Å². The summed E-state index contributed by atoms with van der Waals surface area (Å²) in [6.45, 7) is 2.05. The van der Waals surface area contributed by atoms with Crippen molar-refractivity contribution in [2.45, 2.75) is 31.1 Å². The van der Waals surface area contributed by atoms with Gasteiger partial charge in [0.15, 0.2) is 5.17 Å². The molecule has 2 heterocycles. The molecule has 0 fully saturated rings. The van der Waals surface area contributed by atoms with Crippen molar-refractivity contribution < 1.29 is 14.3 Å². The van der Waals surface area contributed by atoms with Crippen LogP contribution in [-0.4, -0.2) is 40.1 Å². The Morgan fingerprint density at radius 1 is 1.14 bits per heavy atom. The number of halogens is 1. The van der Waals surface area contributed by atoms with E-state index in [0.717, 1.165) is 16.8 Å². The molecule has 2 atom stereocenters.